The second-order valence-electron chi connectivity index (χ2n) is 4.67. The Morgan fingerprint density at radius 2 is 2.18 bits per heavy atom. The van der Waals surface area contributed by atoms with E-state index in [-0.39, 0.29) is 0 Å². The molecular formula is C13H18ClN3. The summed E-state index contributed by atoms with van der Waals surface area (Å²) in [5, 5.41) is 0.737. The van der Waals surface area contributed by atoms with Crippen LogP contribution in [0.4, 0.5) is 0 Å². The molecule has 2 aromatic rings. The highest BCUT2D eigenvalue weighted by atomic mass is 35.5. The van der Waals surface area contributed by atoms with Gasteiger partial charge in [-0.2, -0.15) is 0 Å². The Morgan fingerprint density at radius 1 is 1.47 bits per heavy atom. The van der Waals surface area contributed by atoms with Gasteiger partial charge in [0.1, 0.15) is 5.65 Å². The van der Waals surface area contributed by atoms with Crippen molar-refractivity contribution in [3.8, 4) is 0 Å². The second kappa shape index (κ2) is 4.67. The van der Waals surface area contributed by atoms with Crippen molar-refractivity contribution in [2.24, 2.45) is 5.73 Å². The highest BCUT2D eigenvalue weighted by Crippen LogP contribution is 2.24. The van der Waals surface area contributed by atoms with E-state index in [0.717, 1.165) is 28.3 Å². The van der Waals surface area contributed by atoms with Crippen LogP contribution in [0, 0.1) is 6.92 Å². The molecule has 0 amide bonds. The Labute approximate surface area is 107 Å². The topological polar surface area (TPSA) is 43.3 Å². The monoisotopic (exact) mass is 251 g/mol. The van der Waals surface area contributed by atoms with Gasteiger partial charge in [-0.05, 0) is 31.0 Å². The summed E-state index contributed by atoms with van der Waals surface area (Å²) in [5.41, 5.74) is 10.1. The molecule has 0 aliphatic heterocycles. The van der Waals surface area contributed by atoms with Crippen molar-refractivity contribution in [3.63, 3.8) is 0 Å². The van der Waals surface area contributed by atoms with Gasteiger partial charge in [0.05, 0.1) is 10.7 Å². The molecule has 3 nitrogen and oxygen atoms in total. The van der Waals surface area contributed by atoms with Crippen molar-refractivity contribution in [2.45, 2.75) is 33.1 Å². The maximum Gasteiger partial charge on any atom is 0.140 e. The van der Waals surface area contributed by atoms with E-state index in [2.05, 4.69) is 18.2 Å². The lowest BCUT2D eigenvalue weighted by atomic mass is 10.1. The molecule has 0 bridgehead atoms. The summed E-state index contributed by atoms with van der Waals surface area (Å²) in [6.45, 7) is 6.96. The molecule has 0 aliphatic rings. The minimum Gasteiger partial charge on any atom is -0.330 e. The second-order valence-corrected chi connectivity index (χ2v) is 5.11. The molecule has 0 fully saturated rings. The van der Waals surface area contributed by atoms with Crippen LogP contribution in [0.25, 0.3) is 5.65 Å². The number of aromatic nitrogens is 2. The average Bonchev–Trinajstić information content (AvgIpc) is 2.58. The zero-order chi connectivity index (χ0) is 12.6. The van der Waals surface area contributed by atoms with E-state index in [1.165, 1.54) is 5.69 Å². The van der Waals surface area contributed by atoms with Crippen molar-refractivity contribution in [2.75, 3.05) is 6.54 Å². The third kappa shape index (κ3) is 2.17. The summed E-state index contributed by atoms with van der Waals surface area (Å²) in [4.78, 5) is 4.72. The summed E-state index contributed by atoms with van der Waals surface area (Å²) in [6.07, 6.45) is 2.75. The van der Waals surface area contributed by atoms with Crippen LogP contribution in [0.15, 0.2) is 12.3 Å². The third-order valence-corrected chi connectivity index (χ3v) is 3.14. The molecule has 17 heavy (non-hydrogen) atoms. The minimum absolute atomic E-state index is 0.398. The predicted octanol–water partition coefficient (Wildman–Crippen LogP) is 2.92. The number of hydrogen-bond donors (Lipinski definition) is 1. The normalized spacial score (nSPS) is 11.6. The van der Waals surface area contributed by atoms with Crippen LogP contribution in [0.1, 0.15) is 36.7 Å². The zero-order valence-corrected chi connectivity index (χ0v) is 11.3. The van der Waals surface area contributed by atoms with Gasteiger partial charge in [-0.1, -0.05) is 25.4 Å². The van der Waals surface area contributed by atoms with E-state index in [4.69, 9.17) is 22.3 Å². The van der Waals surface area contributed by atoms with Gasteiger partial charge in [-0.15, -0.1) is 0 Å². The SMILES string of the molecule is Cc1cc(Cl)cn2c(CCN)c(C(C)C)nc12. The number of nitrogens with zero attached hydrogens (tertiary/aromatic N) is 2. The molecule has 2 heterocycles. The molecule has 0 spiro atoms. The zero-order valence-electron chi connectivity index (χ0n) is 10.5. The lowest BCUT2D eigenvalue weighted by Gasteiger charge is -2.06. The van der Waals surface area contributed by atoms with Crippen LogP contribution >= 0.6 is 11.6 Å². The number of halogens is 1. The molecular weight excluding hydrogens is 234 g/mol. The maximum atomic E-state index is 6.11. The first-order chi connectivity index (χ1) is 8.04. The van der Waals surface area contributed by atoms with Crippen LogP contribution in [0.3, 0.4) is 0 Å². The molecule has 0 aliphatic carbocycles. The molecule has 4 heteroatoms. The van der Waals surface area contributed by atoms with E-state index in [9.17, 15) is 0 Å². The Balaban J connectivity index is 2.75. The lowest BCUT2D eigenvalue weighted by Crippen LogP contribution is -2.08. The van der Waals surface area contributed by atoms with E-state index >= 15 is 0 Å². The van der Waals surface area contributed by atoms with Gasteiger partial charge >= 0.3 is 0 Å². The quantitative estimate of drug-likeness (QED) is 0.912. The first kappa shape index (κ1) is 12.4. The average molecular weight is 252 g/mol. The Hall–Kier alpha value is -1.06. The van der Waals surface area contributed by atoms with Crippen molar-refractivity contribution >= 4 is 17.2 Å². The summed E-state index contributed by atoms with van der Waals surface area (Å²) in [5.74, 6) is 0.398. The number of imidazole rings is 1. The highest BCUT2D eigenvalue weighted by molar-refractivity contribution is 6.30. The Kier molecular flexibility index (Phi) is 3.40. The smallest absolute Gasteiger partial charge is 0.140 e. The van der Waals surface area contributed by atoms with Crippen molar-refractivity contribution in [3.05, 3.63) is 34.2 Å². The maximum absolute atomic E-state index is 6.11. The largest absolute Gasteiger partial charge is 0.330 e. The standard InChI is InChI=1S/C13H18ClN3/c1-8(2)12-11(4-5-15)17-7-10(14)6-9(3)13(17)16-12/h6-8H,4-5,15H2,1-3H3. The fourth-order valence-electron chi connectivity index (χ4n) is 2.18. The molecule has 92 valence electrons. The highest BCUT2D eigenvalue weighted by Gasteiger charge is 2.15. The number of rotatable bonds is 3. The van der Waals surface area contributed by atoms with Crippen molar-refractivity contribution in [1.29, 1.82) is 0 Å². The fraction of sp³-hybridized carbons (Fsp3) is 0.462. The molecule has 0 unspecified atom stereocenters. The fourth-order valence-corrected chi connectivity index (χ4v) is 2.44. The molecule has 0 radical (unpaired) electrons. The van der Waals surface area contributed by atoms with Crippen LogP contribution in [-0.2, 0) is 6.42 Å². The number of pyridine rings is 1. The van der Waals surface area contributed by atoms with Crippen molar-refractivity contribution < 1.29 is 0 Å². The minimum atomic E-state index is 0.398. The van der Waals surface area contributed by atoms with E-state index in [1.54, 1.807) is 0 Å². The first-order valence-electron chi connectivity index (χ1n) is 5.91. The molecule has 0 saturated carbocycles. The van der Waals surface area contributed by atoms with Gasteiger partial charge in [0.25, 0.3) is 0 Å². The van der Waals surface area contributed by atoms with Gasteiger partial charge in [0.2, 0.25) is 0 Å². The predicted molar refractivity (Wildman–Crippen MR) is 71.8 cm³/mol. The molecule has 2 aromatic heterocycles. The van der Waals surface area contributed by atoms with Gasteiger partial charge in [0.15, 0.2) is 0 Å². The summed E-state index contributed by atoms with van der Waals surface area (Å²) >= 11 is 6.11. The van der Waals surface area contributed by atoms with Gasteiger partial charge in [0, 0.05) is 18.3 Å². The number of aryl methyl sites for hydroxylation is 1. The van der Waals surface area contributed by atoms with E-state index < -0.39 is 0 Å². The van der Waals surface area contributed by atoms with E-state index in [0.29, 0.717) is 12.5 Å². The van der Waals surface area contributed by atoms with Crippen LogP contribution in [0.5, 0.6) is 0 Å². The van der Waals surface area contributed by atoms with Crippen LogP contribution < -0.4 is 5.73 Å². The van der Waals surface area contributed by atoms with Gasteiger partial charge in [-0.3, -0.25) is 0 Å². The third-order valence-electron chi connectivity index (χ3n) is 2.93. The van der Waals surface area contributed by atoms with Crippen LogP contribution in [-0.4, -0.2) is 15.9 Å². The molecule has 2 rings (SSSR count). The van der Waals surface area contributed by atoms with Gasteiger partial charge < -0.3 is 10.1 Å². The number of fused-ring (bicyclic) bond motifs is 1. The Bertz CT molecular complexity index is 543. The lowest BCUT2D eigenvalue weighted by molar-refractivity contribution is 0.791. The molecule has 0 saturated heterocycles. The van der Waals surface area contributed by atoms with E-state index in [1.807, 2.05) is 19.2 Å². The van der Waals surface area contributed by atoms with Gasteiger partial charge in [-0.25, -0.2) is 4.98 Å². The van der Waals surface area contributed by atoms with Crippen molar-refractivity contribution in [1.82, 2.24) is 9.38 Å². The molecule has 2 N–H and O–H groups in total. The Morgan fingerprint density at radius 3 is 2.76 bits per heavy atom. The summed E-state index contributed by atoms with van der Waals surface area (Å²) in [7, 11) is 0. The molecule has 0 aromatic carbocycles. The summed E-state index contributed by atoms with van der Waals surface area (Å²) in [6, 6.07) is 1.94. The molecule has 0 atom stereocenters. The van der Waals surface area contributed by atoms with Crippen LogP contribution in [0.2, 0.25) is 5.02 Å². The number of hydrogen-bond acceptors (Lipinski definition) is 2. The first-order valence-corrected chi connectivity index (χ1v) is 6.29. The number of nitrogens with two attached hydrogens (primary N) is 1. The summed E-state index contributed by atoms with van der Waals surface area (Å²) < 4.78 is 2.08.